The molecule has 0 aromatic heterocycles. The molecule has 20 heavy (non-hydrogen) atoms. The van der Waals surface area contributed by atoms with Crippen molar-refractivity contribution in [3.8, 4) is 0 Å². The molecule has 0 atom stereocenters. The lowest BCUT2D eigenvalue weighted by molar-refractivity contribution is -0.130. The second kappa shape index (κ2) is 7.91. The largest absolute Gasteiger partial charge is 0.341 e. The van der Waals surface area contributed by atoms with E-state index in [-0.39, 0.29) is 5.91 Å². The summed E-state index contributed by atoms with van der Waals surface area (Å²) in [4.78, 5) is 17.5. The highest BCUT2D eigenvalue weighted by atomic mass is 35.5. The quantitative estimate of drug-likeness (QED) is 0.799. The van der Waals surface area contributed by atoms with Gasteiger partial charge in [-0.2, -0.15) is 0 Å². The van der Waals surface area contributed by atoms with E-state index in [0.717, 1.165) is 48.3 Å². The summed E-state index contributed by atoms with van der Waals surface area (Å²) in [5, 5.41) is 0.765. The van der Waals surface area contributed by atoms with Crippen LogP contribution in [0, 0.1) is 0 Å². The number of halogens is 1. The SMILES string of the molecule is CN1CCCN(C(=O)CCSc2ccccc2Cl)CC1. The molecule has 1 aromatic rings. The molecule has 1 aliphatic rings. The van der Waals surface area contributed by atoms with Crippen molar-refractivity contribution in [3.63, 3.8) is 0 Å². The van der Waals surface area contributed by atoms with Gasteiger partial charge in [-0.1, -0.05) is 23.7 Å². The van der Waals surface area contributed by atoms with Gasteiger partial charge >= 0.3 is 0 Å². The highest BCUT2D eigenvalue weighted by molar-refractivity contribution is 7.99. The Hall–Kier alpha value is -0.710. The molecule has 0 spiro atoms. The number of nitrogens with zero attached hydrogens (tertiary/aromatic N) is 2. The molecular formula is C15H21ClN2OS. The first-order valence-corrected chi connectivity index (χ1v) is 8.37. The molecule has 1 aromatic carbocycles. The van der Waals surface area contributed by atoms with Crippen molar-refractivity contribution in [2.45, 2.75) is 17.7 Å². The molecule has 5 heteroatoms. The van der Waals surface area contributed by atoms with Gasteiger partial charge < -0.3 is 9.80 Å². The topological polar surface area (TPSA) is 23.6 Å². The average molecular weight is 313 g/mol. The van der Waals surface area contributed by atoms with Crippen LogP contribution < -0.4 is 0 Å². The van der Waals surface area contributed by atoms with Gasteiger partial charge in [-0.05, 0) is 32.1 Å². The Kier molecular flexibility index (Phi) is 6.20. The van der Waals surface area contributed by atoms with Gasteiger partial charge in [-0.25, -0.2) is 0 Å². The minimum Gasteiger partial charge on any atom is -0.341 e. The first kappa shape index (κ1) is 15.7. The summed E-state index contributed by atoms with van der Waals surface area (Å²) >= 11 is 7.76. The Bertz CT molecular complexity index is 455. The molecule has 1 aliphatic heterocycles. The van der Waals surface area contributed by atoms with E-state index < -0.39 is 0 Å². The Morgan fingerprint density at radius 1 is 1.25 bits per heavy atom. The predicted octanol–water partition coefficient (Wildman–Crippen LogP) is 2.99. The minimum atomic E-state index is 0.264. The highest BCUT2D eigenvalue weighted by Gasteiger charge is 2.17. The van der Waals surface area contributed by atoms with Crippen LogP contribution >= 0.6 is 23.4 Å². The lowest BCUT2D eigenvalue weighted by atomic mass is 10.3. The lowest BCUT2D eigenvalue weighted by Crippen LogP contribution is -2.34. The molecule has 1 heterocycles. The number of carbonyl (C=O) groups excluding carboxylic acids is 1. The number of benzene rings is 1. The van der Waals surface area contributed by atoms with E-state index in [1.807, 2.05) is 29.2 Å². The molecule has 3 nitrogen and oxygen atoms in total. The Morgan fingerprint density at radius 2 is 2.05 bits per heavy atom. The van der Waals surface area contributed by atoms with Crippen molar-refractivity contribution < 1.29 is 4.79 Å². The highest BCUT2D eigenvalue weighted by Crippen LogP contribution is 2.27. The smallest absolute Gasteiger partial charge is 0.223 e. The average Bonchev–Trinajstić information content (AvgIpc) is 2.66. The molecule has 1 amide bonds. The van der Waals surface area contributed by atoms with Crippen molar-refractivity contribution in [2.24, 2.45) is 0 Å². The molecule has 110 valence electrons. The number of hydrogen-bond acceptors (Lipinski definition) is 3. The third-order valence-corrected chi connectivity index (χ3v) is 5.00. The fraction of sp³-hybridized carbons (Fsp3) is 0.533. The van der Waals surface area contributed by atoms with Crippen LogP contribution in [0.3, 0.4) is 0 Å². The number of likely N-dealkylation sites (N-methyl/N-ethyl adjacent to an activating group) is 1. The molecular weight excluding hydrogens is 292 g/mol. The first-order chi connectivity index (χ1) is 9.66. The summed E-state index contributed by atoms with van der Waals surface area (Å²) in [6.45, 7) is 3.80. The molecule has 0 bridgehead atoms. The second-order valence-electron chi connectivity index (χ2n) is 5.07. The first-order valence-electron chi connectivity index (χ1n) is 7.00. The van der Waals surface area contributed by atoms with Gasteiger partial charge in [-0.15, -0.1) is 11.8 Å². The van der Waals surface area contributed by atoms with E-state index in [1.165, 1.54) is 0 Å². The van der Waals surface area contributed by atoms with E-state index in [4.69, 9.17) is 11.6 Å². The van der Waals surface area contributed by atoms with E-state index in [1.54, 1.807) is 11.8 Å². The molecule has 1 saturated heterocycles. The maximum atomic E-state index is 12.2. The van der Waals surface area contributed by atoms with Gasteiger partial charge in [0.1, 0.15) is 0 Å². The maximum absolute atomic E-state index is 12.2. The third kappa shape index (κ3) is 4.69. The molecule has 0 aliphatic carbocycles. The van der Waals surface area contributed by atoms with Crippen LogP contribution in [0.5, 0.6) is 0 Å². The summed E-state index contributed by atoms with van der Waals surface area (Å²) in [6.07, 6.45) is 1.65. The summed E-state index contributed by atoms with van der Waals surface area (Å²) < 4.78 is 0. The van der Waals surface area contributed by atoms with E-state index in [9.17, 15) is 4.79 Å². The van der Waals surface area contributed by atoms with Gasteiger partial charge in [-0.3, -0.25) is 4.79 Å². The monoisotopic (exact) mass is 312 g/mol. The second-order valence-corrected chi connectivity index (χ2v) is 6.61. The van der Waals surface area contributed by atoms with Gasteiger partial charge in [0, 0.05) is 36.7 Å². The van der Waals surface area contributed by atoms with Crippen molar-refractivity contribution in [1.29, 1.82) is 0 Å². The molecule has 2 rings (SSSR count). The zero-order valence-corrected chi connectivity index (χ0v) is 13.4. The summed E-state index contributed by atoms with van der Waals surface area (Å²) in [6, 6.07) is 7.78. The Balaban J connectivity index is 1.76. The van der Waals surface area contributed by atoms with Crippen LogP contribution in [0.15, 0.2) is 29.2 Å². The van der Waals surface area contributed by atoms with Crippen molar-refractivity contribution in [2.75, 3.05) is 39.0 Å². The number of thioether (sulfide) groups is 1. The number of amides is 1. The standard InChI is InChI=1S/C15H21ClN2OS/c1-17-8-4-9-18(11-10-17)15(19)7-12-20-14-6-3-2-5-13(14)16/h2-3,5-6H,4,7-12H2,1H3. The molecule has 1 fully saturated rings. The van der Waals surface area contributed by atoms with Crippen LogP contribution in [0.4, 0.5) is 0 Å². The van der Waals surface area contributed by atoms with Crippen LogP contribution in [0.1, 0.15) is 12.8 Å². The molecule has 0 saturated carbocycles. The predicted molar refractivity (Wildman–Crippen MR) is 85.5 cm³/mol. The van der Waals surface area contributed by atoms with Crippen LogP contribution in [0.25, 0.3) is 0 Å². The van der Waals surface area contributed by atoms with Crippen molar-refractivity contribution in [3.05, 3.63) is 29.3 Å². The van der Waals surface area contributed by atoms with E-state index in [2.05, 4.69) is 11.9 Å². The Morgan fingerprint density at radius 3 is 2.85 bits per heavy atom. The van der Waals surface area contributed by atoms with Gasteiger partial charge in [0.25, 0.3) is 0 Å². The van der Waals surface area contributed by atoms with Crippen LogP contribution in [-0.4, -0.2) is 54.7 Å². The molecule has 0 N–H and O–H groups in total. The molecule has 0 radical (unpaired) electrons. The number of hydrogen-bond donors (Lipinski definition) is 0. The number of rotatable bonds is 4. The normalized spacial score (nSPS) is 17.0. The fourth-order valence-electron chi connectivity index (χ4n) is 2.26. The van der Waals surface area contributed by atoms with Gasteiger partial charge in [0.05, 0.1) is 5.02 Å². The zero-order valence-electron chi connectivity index (χ0n) is 11.8. The van der Waals surface area contributed by atoms with Crippen molar-refractivity contribution >= 4 is 29.3 Å². The summed E-state index contributed by atoms with van der Waals surface area (Å²) in [5.41, 5.74) is 0. The lowest BCUT2D eigenvalue weighted by Gasteiger charge is -2.20. The summed E-state index contributed by atoms with van der Waals surface area (Å²) in [5.74, 6) is 1.05. The minimum absolute atomic E-state index is 0.264. The summed E-state index contributed by atoms with van der Waals surface area (Å²) in [7, 11) is 2.11. The number of carbonyl (C=O) groups is 1. The fourth-order valence-corrected chi connectivity index (χ4v) is 3.44. The van der Waals surface area contributed by atoms with E-state index in [0.29, 0.717) is 6.42 Å². The van der Waals surface area contributed by atoms with Crippen molar-refractivity contribution in [1.82, 2.24) is 9.80 Å². The van der Waals surface area contributed by atoms with Gasteiger partial charge in [0.15, 0.2) is 0 Å². The Labute approximate surface area is 130 Å². The van der Waals surface area contributed by atoms with Crippen LogP contribution in [0.2, 0.25) is 5.02 Å². The molecule has 0 unspecified atom stereocenters. The van der Waals surface area contributed by atoms with Gasteiger partial charge in [0.2, 0.25) is 5.91 Å². The van der Waals surface area contributed by atoms with Crippen LogP contribution in [-0.2, 0) is 4.79 Å². The third-order valence-electron chi connectivity index (χ3n) is 3.48. The maximum Gasteiger partial charge on any atom is 0.223 e. The zero-order chi connectivity index (χ0) is 14.4. The van der Waals surface area contributed by atoms with E-state index >= 15 is 0 Å².